The van der Waals surface area contributed by atoms with E-state index in [9.17, 15) is 4.79 Å². The van der Waals surface area contributed by atoms with Crippen LogP contribution in [0.4, 0.5) is 0 Å². The molecule has 0 N–H and O–H groups in total. The third-order valence-corrected chi connectivity index (χ3v) is 2.39. The molecule has 1 rings (SSSR count). The topological polar surface area (TPSA) is 26.3 Å². The summed E-state index contributed by atoms with van der Waals surface area (Å²) in [6.07, 6.45) is 9.05. The minimum atomic E-state index is -0.0865. The van der Waals surface area contributed by atoms with Crippen molar-refractivity contribution >= 4 is 5.97 Å². The second-order valence-electron chi connectivity index (χ2n) is 3.56. The van der Waals surface area contributed by atoms with Gasteiger partial charge in [-0.05, 0) is 25.2 Å². The standard InChI is InChI=1S/C11H18O2/c1-2-3-4-8-11(12)13-9-10-6-5-7-10/h3-4,10H,2,5-9H2,1H3/b4-3-. The van der Waals surface area contributed by atoms with Crippen LogP contribution in [0.25, 0.3) is 0 Å². The molecule has 74 valence electrons. The maximum Gasteiger partial charge on any atom is 0.309 e. The van der Waals surface area contributed by atoms with Crippen molar-refractivity contribution in [1.82, 2.24) is 0 Å². The first-order valence-electron chi connectivity index (χ1n) is 5.13. The molecule has 1 aliphatic carbocycles. The Morgan fingerprint density at radius 1 is 1.46 bits per heavy atom. The minimum Gasteiger partial charge on any atom is -0.465 e. The molecule has 13 heavy (non-hydrogen) atoms. The summed E-state index contributed by atoms with van der Waals surface area (Å²) in [6, 6.07) is 0. The van der Waals surface area contributed by atoms with Crippen LogP contribution < -0.4 is 0 Å². The summed E-state index contributed by atoms with van der Waals surface area (Å²) in [5.41, 5.74) is 0. The predicted octanol–water partition coefficient (Wildman–Crippen LogP) is 2.69. The number of hydrogen-bond acceptors (Lipinski definition) is 2. The number of esters is 1. The van der Waals surface area contributed by atoms with Crippen LogP contribution in [0.3, 0.4) is 0 Å². The number of allylic oxidation sites excluding steroid dienone is 1. The zero-order chi connectivity index (χ0) is 9.52. The van der Waals surface area contributed by atoms with Crippen molar-refractivity contribution in [3.63, 3.8) is 0 Å². The van der Waals surface area contributed by atoms with E-state index in [1.54, 1.807) is 0 Å². The lowest BCUT2D eigenvalue weighted by Gasteiger charge is -2.24. The highest BCUT2D eigenvalue weighted by atomic mass is 16.5. The van der Waals surface area contributed by atoms with Crippen LogP contribution in [0.15, 0.2) is 12.2 Å². The first-order valence-corrected chi connectivity index (χ1v) is 5.13. The zero-order valence-electron chi connectivity index (χ0n) is 8.29. The first-order chi connectivity index (χ1) is 6.33. The van der Waals surface area contributed by atoms with Crippen molar-refractivity contribution in [2.45, 2.75) is 39.0 Å². The molecule has 1 saturated carbocycles. The third-order valence-electron chi connectivity index (χ3n) is 2.39. The van der Waals surface area contributed by atoms with E-state index in [0.717, 1.165) is 6.42 Å². The van der Waals surface area contributed by atoms with Crippen LogP contribution in [-0.2, 0) is 9.53 Å². The Morgan fingerprint density at radius 3 is 2.77 bits per heavy atom. The van der Waals surface area contributed by atoms with Gasteiger partial charge in [-0.25, -0.2) is 0 Å². The smallest absolute Gasteiger partial charge is 0.309 e. The molecule has 0 aromatic heterocycles. The number of carbonyl (C=O) groups excluding carboxylic acids is 1. The van der Waals surface area contributed by atoms with Crippen LogP contribution in [0, 0.1) is 5.92 Å². The van der Waals surface area contributed by atoms with E-state index >= 15 is 0 Å². The number of ether oxygens (including phenoxy) is 1. The highest BCUT2D eigenvalue weighted by molar-refractivity contribution is 5.71. The molecule has 1 aliphatic rings. The molecule has 0 aromatic rings. The van der Waals surface area contributed by atoms with E-state index in [-0.39, 0.29) is 5.97 Å². The Kier molecular flexibility index (Phi) is 4.58. The third kappa shape index (κ3) is 4.11. The van der Waals surface area contributed by atoms with E-state index in [2.05, 4.69) is 6.92 Å². The average Bonchev–Trinajstić information content (AvgIpc) is 2.02. The van der Waals surface area contributed by atoms with Gasteiger partial charge in [-0.1, -0.05) is 25.5 Å². The van der Waals surface area contributed by atoms with Gasteiger partial charge in [-0.3, -0.25) is 4.79 Å². The lowest BCUT2D eigenvalue weighted by Crippen LogP contribution is -2.19. The van der Waals surface area contributed by atoms with E-state index < -0.39 is 0 Å². The molecule has 0 spiro atoms. The molecular weight excluding hydrogens is 164 g/mol. The fourth-order valence-electron chi connectivity index (χ4n) is 1.28. The highest BCUT2D eigenvalue weighted by Gasteiger charge is 2.18. The average molecular weight is 182 g/mol. The highest BCUT2D eigenvalue weighted by Crippen LogP contribution is 2.26. The van der Waals surface area contributed by atoms with Crippen LogP contribution in [0.1, 0.15) is 39.0 Å². The van der Waals surface area contributed by atoms with E-state index in [1.165, 1.54) is 19.3 Å². The SMILES string of the molecule is CC/C=C\CC(=O)OCC1CCC1. The lowest BCUT2D eigenvalue weighted by molar-refractivity contribution is -0.144. The lowest BCUT2D eigenvalue weighted by atomic mass is 9.86. The Hall–Kier alpha value is -0.790. The number of rotatable bonds is 5. The van der Waals surface area contributed by atoms with Crippen molar-refractivity contribution in [3.05, 3.63) is 12.2 Å². The summed E-state index contributed by atoms with van der Waals surface area (Å²) >= 11 is 0. The van der Waals surface area contributed by atoms with E-state index in [0.29, 0.717) is 18.9 Å². The molecule has 0 amide bonds. The van der Waals surface area contributed by atoms with Crippen molar-refractivity contribution in [2.75, 3.05) is 6.61 Å². The molecule has 0 radical (unpaired) electrons. The van der Waals surface area contributed by atoms with Crippen molar-refractivity contribution in [3.8, 4) is 0 Å². The number of hydrogen-bond donors (Lipinski definition) is 0. The monoisotopic (exact) mass is 182 g/mol. The largest absolute Gasteiger partial charge is 0.465 e. The normalized spacial score (nSPS) is 17.3. The van der Waals surface area contributed by atoms with Crippen molar-refractivity contribution in [2.24, 2.45) is 5.92 Å². The van der Waals surface area contributed by atoms with Gasteiger partial charge in [0.2, 0.25) is 0 Å². The molecular formula is C11H18O2. The van der Waals surface area contributed by atoms with Gasteiger partial charge in [0, 0.05) is 0 Å². The van der Waals surface area contributed by atoms with Crippen LogP contribution >= 0.6 is 0 Å². The quantitative estimate of drug-likeness (QED) is 0.482. The summed E-state index contributed by atoms with van der Waals surface area (Å²) in [5.74, 6) is 0.565. The van der Waals surface area contributed by atoms with Gasteiger partial charge in [-0.15, -0.1) is 0 Å². The second-order valence-corrected chi connectivity index (χ2v) is 3.56. The predicted molar refractivity (Wildman–Crippen MR) is 52.3 cm³/mol. The molecule has 1 fully saturated rings. The Labute approximate surface area is 80.0 Å². The molecule has 0 unspecified atom stereocenters. The zero-order valence-corrected chi connectivity index (χ0v) is 8.29. The molecule has 0 bridgehead atoms. The van der Waals surface area contributed by atoms with Crippen LogP contribution in [0.5, 0.6) is 0 Å². The summed E-state index contributed by atoms with van der Waals surface area (Å²) in [7, 11) is 0. The first kappa shape index (κ1) is 10.3. The van der Waals surface area contributed by atoms with Gasteiger partial charge < -0.3 is 4.74 Å². The van der Waals surface area contributed by atoms with Gasteiger partial charge in [0.05, 0.1) is 13.0 Å². The minimum absolute atomic E-state index is 0.0865. The molecule has 0 heterocycles. The molecule has 0 aliphatic heterocycles. The van der Waals surface area contributed by atoms with E-state index in [1.807, 2.05) is 12.2 Å². The summed E-state index contributed by atoms with van der Waals surface area (Å²) < 4.78 is 5.10. The molecule has 2 heteroatoms. The Morgan fingerprint density at radius 2 is 2.23 bits per heavy atom. The summed E-state index contributed by atoms with van der Waals surface area (Å²) in [5, 5.41) is 0. The Bertz CT molecular complexity index is 181. The molecule has 2 nitrogen and oxygen atoms in total. The second kappa shape index (κ2) is 5.79. The van der Waals surface area contributed by atoms with Crippen LogP contribution in [-0.4, -0.2) is 12.6 Å². The fourth-order valence-corrected chi connectivity index (χ4v) is 1.28. The van der Waals surface area contributed by atoms with Crippen molar-refractivity contribution < 1.29 is 9.53 Å². The van der Waals surface area contributed by atoms with Gasteiger partial charge in [-0.2, -0.15) is 0 Å². The molecule has 0 atom stereocenters. The van der Waals surface area contributed by atoms with Gasteiger partial charge >= 0.3 is 5.97 Å². The Balaban J connectivity index is 1.99. The van der Waals surface area contributed by atoms with Gasteiger partial charge in [0.15, 0.2) is 0 Å². The van der Waals surface area contributed by atoms with E-state index in [4.69, 9.17) is 4.74 Å². The summed E-state index contributed by atoms with van der Waals surface area (Å²) in [4.78, 5) is 11.1. The number of carbonyl (C=O) groups is 1. The molecule has 0 aromatic carbocycles. The van der Waals surface area contributed by atoms with Gasteiger partial charge in [0.25, 0.3) is 0 Å². The molecule has 0 saturated heterocycles. The fraction of sp³-hybridized carbons (Fsp3) is 0.727. The van der Waals surface area contributed by atoms with Crippen molar-refractivity contribution in [1.29, 1.82) is 0 Å². The van der Waals surface area contributed by atoms with Gasteiger partial charge in [0.1, 0.15) is 0 Å². The maximum absolute atomic E-state index is 11.1. The maximum atomic E-state index is 11.1. The summed E-state index contributed by atoms with van der Waals surface area (Å²) in [6.45, 7) is 2.69. The van der Waals surface area contributed by atoms with Crippen LogP contribution in [0.2, 0.25) is 0 Å².